The number of halogens is 2. The van der Waals surface area contributed by atoms with Crippen molar-refractivity contribution in [2.24, 2.45) is 0 Å². The van der Waals surface area contributed by atoms with Crippen molar-refractivity contribution in [2.45, 2.75) is 11.8 Å². The number of rotatable bonds is 4. The highest BCUT2D eigenvalue weighted by Gasteiger charge is 2.18. The molecule has 7 heteroatoms. The number of carbonyl (C=O) groups excluding carboxylic acids is 1. The summed E-state index contributed by atoms with van der Waals surface area (Å²) >= 11 is 0. The summed E-state index contributed by atoms with van der Waals surface area (Å²) in [5, 5.41) is 0. The normalized spacial score (nSPS) is 11.2. The van der Waals surface area contributed by atoms with Crippen LogP contribution in [0.4, 0.5) is 4.39 Å². The largest absolute Gasteiger partial charge is 0.338 e. The van der Waals surface area contributed by atoms with Gasteiger partial charge in [0.1, 0.15) is 5.82 Å². The van der Waals surface area contributed by atoms with E-state index in [2.05, 4.69) is 6.58 Å². The fourth-order valence-corrected chi connectivity index (χ4v) is 2.31. The van der Waals surface area contributed by atoms with E-state index in [0.717, 1.165) is 23.8 Å². The molecule has 104 valence electrons. The van der Waals surface area contributed by atoms with Gasteiger partial charge in [-0.05, 0) is 25.1 Å². The van der Waals surface area contributed by atoms with Gasteiger partial charge in [-0.3, -0.25) is 4.79 Å². The van der Waals surface area contributed by atoms with Crippen LogP contribution in [0.3, 0.4) is 0 Å². The quantitative estimate of drug-likeness (QED) is 0.634. The fourth-order valence-electron chi connectivity index (χ4n) is 1.52. The van der Waals surface area contributed by atoms with Gasteiger partial charge in [-0.25, -0.2) is 12.8 Å². The second-order valence-corrected chi connectivity index (χ2v) is 6.80. The minimum absolute atomic E-state index is 0.0806. The van der Waals surface area contributed by atoms with Gasteiger partial charge in [0, 0.05) is 29.8 Å². The summed E-state index contributed by atoms with van der Waals surface area (Å²) in [6.07, 6.45) is 0. The molecule has 0 atom stereocenters. The number of benzene rings is 1. The van der Waals surface area contributed by atoms with Gasteiger partial charge in [0.25, 0.3) is 15.0 Å². The van der Waals surface area contributed by atoms with Crippen LogP contribution in [-0.2, 0) is 9.05 Å². The average molecular weight is 306 g/mol. The van der Waals surface area contributed by atoms with Gasteiger partial charge in [-0.1, -0.05) is 12.2 Å². The Balaban J connectivity index is 3.18. The Hall–Kier alpha value is -1.40. The van der Waals surface area contributed by atoms with Gasteiger partial charge >= 0.3 is 0 Å². The molecule has 0 N–H and O–H groups in total. The standard InChI is InChI=1S/C12H13ClFNO3S/c1-8(2)7-15(3)12(16)9-4-10(14)6-11(5-9)19(13,17)18/h4-6H,1,7H2,2-3H3. The first-order valence-corrected chi connectivity index (χ1v) is 7.57. The maximum Gasteiger partial charge on any atom is 0.261 e. The summed E-state index contributed by atoms with van der Waals surface area (Å²) in [5.74, 6) is -1.35. The molecule has 1 aromatic carbocycles. The lowest BCUT2D eigenvalue weighted by molar-refractivity contribution is 0.0806. The highest BCUT2D eigenvalue weighted by molar-refractivity contribution is 8.13. The molecule has 0 fully saturated rings. The van der Waals surface area contributed by atoms with Crippen LogP contribution in [0.25, 0.3) is 0 Å². The number of amides is 1. The monoisotopic (exact) mass is 305 g/mol. The number of hydrogen-bond donors (Lipinski definition) is 0. The van der Waals surface area contributed by atoms with E-state index in [1.54, 1.807) is 6.92 Å². The molecule has 1 amide bonds. The lowest BCUT2D eigenvalue weighted by Gasteiger charge is -2.17. The van der Waals surface area contributed by atoms with Crippen molar-refractivity contribution in [3.63, 3.8) is 0 Å². The molecule has 0 unspecified atom stereocenters. The number of nitrogens with zero attached hydrogens (tertiary/aromatic N) is 1. The zero-order valence-corrected chi connectivity index (χ0v) is 12.1. The van der Waals surface area contributed by atoms with E-state index in [4.69, 9.17) is 10.7 Å². The Kier molecular flexibility index (Phi) is 4.70. The molecule has 0 heterocycles. The molecule has 19 heavy (non-hydrogen) atoms. The zero-order valence-electron chi connectivity index (χ0n) is 10.5. The third kappa shape index (κ3) is 4.33. The molecule has 0 bridgehead atoms. The lowest BCUT2D eigenvalue weighted by Crippen LogP contribution is -2.28. The van der Waals surface area contributed by atoms with Crippen molar-refractivity contribution < 1.29 is 17.6 Å². The summed E-state index contributed by atoms with van der Waals surface area (Å²) in [6.45, 7) is 5.69. The fraction of sp³-hybridized carbons (Fsp3) is 0.250. The molecule has 0 aromatic heterocycles. The van der Waals surface area contributed by atoms with Crippen molar-refractivity contribution in [2.75, 3.05) is 13.6 Å². The Morgan fingerprint density at radius 1 is 1.42 bits per heavy atom. The van der Waals surface area contributed by atoms with E-state index in [-0.39, 0.29) is 12.1 Å². The van der Waals surface area contributed by atoms with Crippen LogP contribution in [0.5, 0.6) is 0 Å². The highest BCUT2D eigenvalue weighted by atomic mass is 35.7. The van der Waals surface area contributed by atoms with Gasteiger partial charge in [0.2, 0.25) is 0 Å². The molecule has 0 spiro atoms. The first kappa shape index (κ1) is 15.7. The molecule has 0 saturated heterocycles. The van der Waals surface area contributed by atoms with Crippen molar-refractivity contribution in [1.82, 2.24) is 4.90 Å². The second kappa shape index (κ2) is 5.71. The Morgan fingerprint density at radius 2 is 2.00 bits per heavy atom. The highest BCUT2D eigenvalue weighted by Crippen LogP contribution is 2.19. The average Bonchev–Trinajstić information content (AvgIpc) is 2.25. The molecule has 0 aliphatic rings. The van der Waals surface area contributed by atoms with Crippen molar-refractivity contribution in [3.8, 4) is 0 Å². The van der Waals surface area contributed by atoms with Crippen molar-refractivity contribution >= 4 is 25.6 Å². The van der Waals surface area contributed by atoms with E-state index < -0.39 is 25.7 Å². The molecule has 4 nitrogen and oxygen atoms in total. The number of hydrogen-bond acceptors (Lipinski definition) is 3. The maximum absolute atomic E-state index is 13.3. The van der Waals surface area contributed by atoms with Gasteiger partial charge in [0.05, 0.1) is 4.90 Å². The van der Waals surface area contributed by atoms with Crippen LogP contribution in [0.1, 0.15) is 17.3 Å². The minimum Gasteiger partial charge on any atom is -0.338 e. The number of carbonyl (C=O) groups is 1. The van der Waals surface area contributed by atoms with Crippen LogP contribution in [0, 0.1) is 5.82 Å². The maximum atomic E-state index is 13.3. The molecule has 0 saturated carbocycles. The van der Waals surface area contributed by atoms with Gasteiger partial charge in [0.15, 0.2) is 0 Å². The Labute approximate surface area is 115 Å². The second-order valence-electron chi connectivity index (χ2n) is 4.23. The van der Waals surface area contributed by atoms with E-state index in [0.29, 0.717) is 0 Å². The van der Waals surface area contributed by atoms with Crippen molar-refractivity contribution in [3.05, 3.63) is 41.7 Å². The summed E-state index contributed by atoms with van der Waals surface area (Å²) in [7, 11) is 2.56. The molecule has 0 aliphatic carbocycles. The third-order valence-electron chi connectivity index (χ3n) is 2.25. The van der Waals surface area contributed by atoms with Crippen LogP contribution >= 0.6 is 10.7 Å². The first-order chi connectivity index (χ1) is 8.61. The van der Waals surface area contributed by atoms with Crippen molar-refractivity contribution in [1.29, 1.82) is 0 Å². The summed E-state index contributed by atoms with van der Waals surface area (Å²) < 4.78 is 35.7. The van der Waals surface area contributed by atoms with Gasteiger partial charge < -0.3 is 4.90 Å². The predicted molar refractivity (Wildman–Crippen MR) is 71.2 cm³/mol. The Morgan fingerprint density at radius 3 is 2.47 bits per heavy atom. The van der Waals surface area contributed by atoms with Gasteiger partial charge in [-0.15, -0.1) is 0 Å². The van der Waals surface area contributed by atoms with Crippen LogP contribution in [-0.4, -0.2) is 32.8 Å². The van der Waals surface area contributed by atoms with Crippen LogP contribution in [0.2, 0.25) is 0 Å². The topological polar surface area (TPSA) is 54.5 Å². The van der Waals surface area contributed by atoms with Crippen LogP contribution < -0.4 is 0 Å². The number of likely N-dealkylation sites (N-methyl/N-ethyl adjacent to an activating group) is 1. The summed E-state index contributed by atoms with van der Waals surface area (Å²) in [6, 6.07) is 2.77. The molecule has 0 radical (unpaired) electrons. The predicted octanol–water partition coefficient (Wildman–Crippen LogP) is 2.40. The summed E-state index contributed by atoms with van der Waals surface area (Å²) in [5.41, 5.74) is 0.667. The van der Waals surface area contributed by atoms with Crippen LogP contribution in [0.15, 0.2) is 35.2 Å². The molecule has 0 aliphatic heterocycles. The SMILES string of the molecule is C=C(C)CN(C)C(=O)c1cc(F)cc(S(=O)(=O)Cl)c1. The van der Waals surface area contributed by atoms with E-state index >= 15 is 0 Å². The van der Waals surface area contributed by atoms with E-state index in [1.165, 1.54) is 11.9 Å². The summed E-state index contributed by atoms with van der Waals surface area (Å²) in [4.78, 5) is 12.9. The van der Waals surface area contributed by atoms with E-state index in [1.807, 2.05) is 0 Å². The van der Waals surface area contributed by atoms with E-state index in [9.17, 15) is 17.6 Å². The lowest BCUT2D eigenvalue weighted by atomic mass is 10.2. The Bertz CT molecular complexity index is 628. The third-order valence-corrected chi connectivity index (χ3v) is 3.59. The smallest absolute Gasteiger partial charge is 0.261 e. The minimum atomic E-state index is -4.09. The molecule has 1 rings (SSSR count). The molecular formula is C12H13ClFNO3S. The molecular weight excluding hydrogens is 293 g/mol. The zero-order chi connectivity index (χ0) is 14.8. The van der Waals surface area contributed by atoms with Gasteiger partial charge in [-0.2, -0.15) is 0 Å². The molecule has 1 aromatic rings. The first-order valence-electron chi connectivity index (χ1n) is 5.26.